The molecule has 372 valence electrons. The van der Waals surface area contributed by atoms with Crippen LogP contribution in [0.3, 0.4) is 0 Å². The number of sulfonamides is 1. The fourth-order valence-corrected chi connectivity index (χ4v) is 10.9. The summed E-state index contributed by atoms with van der Waals surface area (Å²) in [6, 6.07) is 36.7. The van der Waals surface area contributed by atoms with Crippen molar-refractivity contribution in [2.24, 2.45) is 0 Å². The van der Waals surface area contributed by atoms with E-state index in [1.807, 2.05) is 93.0 Å². The number of carbonyl (C=O) groups is 1. The van der Waals surface area contributed by atoms with E-state index in [2.05, 4.69) is 53.7 Å². The lowest BCUT2D eigenvalue weighted by Crippen LogP contribution is -2.46. The molecule has 5 aromatic carbocycles. The van der Waals surface area contributed by atoms with Crippen LogP contribution < -0.4 is 19.8 Å². The molecule has 2 saturated heterocycles. The molecule has 8 rings (SSSR count). The van der Waals surface area contributed by atoms with Crippen LogP contribution in [-0.4, -0.2) is 142 Å². The average molecular weight is 1020 g/mol. The second-order valence-electron chi connectivity index (χ2n) is 18.3. The number of piperazine rings is 2. The molecular formula is C53H61ClN10O5S2. The normalized spacial score (nSPS) is 15.2. The molecule has 2 N–H and O–H groups in total. The molecule has 71 heavy (non-hydrogen) atoms. The Bertz CT molecular complexity index is 2860. The molecular weight excluding hydrogens is 956 g/mol. The Hall–Kier alpha value is -6.08. The molecule has 0 spiro atoms. The number of thioether (sulfide) groups is 1. The van der Waals surface area contributed by atoms with Crippen molar-refractivity contribution in [3.63, 3.8) is 0 Å². The van der Waals surface area contributed by atoms with Gasteiger partial charge in [-0.3, -0.25) is 24.6 Å². The van der Waals surface area contributed by atoms with Crippen molar-refractivity contribution < 1.29 is 18.1 Å². The summed E-state index contributed by atoms with van der Waals surface area (Å²) in [5.74, 6) is 0.643. The minimum absolute atomic E-state index is 0.0212. The van der Waals surface area contributed by atoms with E-state index in [4.69, 9.17) is 21.6 Å². The SMILES string of the molecule is CN(C)CC[C@H](CSc1ccccc1)Nc1ccc(S(=O)(=O)Nc2ccc(N3CCN(c4cccc(-c5nc(C(=O)CCCN6CCN(C)CC6)cnc5-c5ccc(Cl)cc5)c4)CC3)cc2)cc1[N+](=O)[O-]. The number of benzene rings is 5. The summed E-state index contributed by atoms with van der Waals surface area (Å²) < 4.78 is 29.9. The Morgan fingerprint density at radius 3 is 2.21 bits per heavy atom. The smallest absolute Gasteiger partial charge is 0.293 e. The molecule has 2 fully saturated rings. The van der Waals surface area contributed by atoms with E-state index in [0.717, 1.165) is 98.7 Å². The van der Waals surface area contributed by atoms with Gasteiger partial charge >= 0.3 is 0 Å². The molecule has 0 radical (unpaired) electrons. The van der Waals surface area contributed by atoms with Crippen LogP contribution >= 0.6 is 23.4 Å². The predicted molar refractivity (Wildman–Crippen MR) is 288 cm³/mol. The lowest BCUT2D eigenvalue weighted by atomic mass is 10.0. The highest BCUT2D eigenvalue weighted by atomic mass is 35.5. The molecule has 18 heteroatoms. The second kappa shape index (κ2) is 23.9. The van der Waals surface area contributed by atoms with Gasteiger partial charge in [-0.05, 0) is 120 Å². The van der Waals surface area contributed by atoms with Crippen LogP contribution in [0.15, 0.2) is 137 Å². The quantitative estimate of drug-likeness (QED) is 0.0304. The van der Waals surface area contributed by atoms with E-state index in [1.165, 1.54) is 12.1 Å². The van der Waals surface area contributed by atoms with Crippen molar-refractivity contribution in [3.8, 4) is 22.5 Å². The number of hydrogen-bond donors (Lipinski definition) is 2. The number of nitrogens with one attached hydrogen (secondary N) is 2. The van der Waals surface area contributed by atoms with Crippen LogP contribution in [0, 0.1) is 10.1 Å². The number of nitro benzene ring substituents is 1. The van der Waals surface area contributed by atoms with E-state index < -0.39 is 14.9 Å². The number of ketones is 1. The molecule has 2 aliphatic rings. The predicted octanol–water partition coefficient (Wildman–Crippen LogP) is 9.23. The van der Waals surface area contributed by atoms with Crippen LogP contribution in [0.5, 0.6) is 0 Å². The van der Waals surface area contributed by atoms with Crippen LogP contribution in [0.25, 0.3) is 22.5 Å². The summed E-state index contributed by atoms with van der Waals surface area (Å²) in [6.07, 6.45) is 3.49. The Balaban J connectivity index is 0.902. The highest BCUT2D eigenvalue weighted by molar-refractivity contribution is 7.99. The zero-order chi connectivity index (χ0) is 49.9. The highest BCUT2D eigenvalue weighted by Gasteiger charge is 2.25. The van der Waals surface area contributed by atoms with Crippen molar-refractivity contribution in [3.05, 3.63) is 148 Å². The Morgan fingerprint density at radius 2 is 1.52 bits per heavy atom. The summed E-state index contributed by atoms with van der Waals surface area (Å²) >= 11 is 7.92. The first kappa shape index (κ1) is 51.3. The average Bonchev–Trinajstić information content (AvgIpc) is 3.38. The van der Waals surface area contributed by atoms with Gasteiger partial charge in [0.1, 0.15) is 11.4 Å². The van der Waals surface area contributed by atoms with Crippen LogP contribution in [-0.2, 0) is 10.0 Å². The number of nitro groups is 1. The second-order valence-corrected chi connectivity index (χ2v) is 21.5. The molecule has 0 amide bonds. The summed E-state index contributed by atoms with van der Waals surface area (Å²) in [5, 5.41) is 16.3. The molecule has 0 aliphatic carbocycles. The Morgan fingerprint density at radius 1 is 0.817 bits per heavy atom. The molecule has 0 bridgehead atoms. The van der Waals surface area contributed by atoms with Gasteiger partial charge in [0.25, 0.3) is 15.7 Å². The zero-order valence-corrected chi connectivity index (χ0v) is 42.8. The third-order valence-corrected chi connectivity index (χ3v) is 15.7. The Labute approximate surface area is 426 Å². The fraction of sp³-hybridized carbons (Fsp3) is 0.340. The number of aromatic nitrogens is 2. The molecule has 3 heterocycles. The summed E-state index contributed by atoms with van der Waals surface area (Å²) in [5.41, 5.74) is 5.62. The summed E-state index contributed by atoms with van der Waals surface area (Å²) in [7, 11) is 1.93. The minimum Gasteiger partial charge on any atom is -0.376 e. The number of anilines is 4. The lowest BCUT2D eigenvalue weighted by Gasteiger charge is -2.37. The van der Waals surface area contributed by atoms with E-state index >= 15 is 0 Å². The van der Waals surface area contributed by atoms with Gasteiger partial charge in [-0.1, -0.05) is 54.1 Å². The molecule has 6 aromatic rings. The van der Waals surface area contributed by atoms with Crippen molar-refractivity contribution in [1.29, 1.82) is 0 Å². The Kier molecular flexibility index (Phi) is 17.3. The highest BCUT2D eigenvalue weighted by Crippen LogP contribution is 2.34. The first-order valence-electron chi connectivity index (χ1n) is 24.0. The number of carbonyl (C=O) groups excluding carboxylic acids is 1. The standard InChI is InChI=1S/C53H61ClN10O5S2/c1-59(2)26-24-43(38-70-46-11-5-4-6-12-46)56-48-23-22-47(36-50(48)64(66)67)71(68,69)58-42-18-20-44(21-19-42)62-31-33-63(34-32-62)45-10-7-9-40(35-45)53-52(39-14-16-41(54)17-15-39)55-37-49(57-53)51(65)13-8-25-61-29-27-60(3)28-30-61/h4-7,9-12,14-23,35-37,43,56,58H,8,13,24-34,38H2,1-3H3/t43-/m1/s1. The third-order valence-electron chi connectivity index (χ3n) is 12.9. The molecule has 1 aromatic heterocycles. The number of halogens is 1. The van der Waals surface area contributed by atoms with E-state index in [1.54, 1.807) is 30.1 Å². The molecule has 0 saturated carbocycles. The van der Waals surface area contributed by atoms with Gasteiger partial charge in [0.2, 0.25) is 0 Å². The summed E-state index contributed by atoms with van der Waals surface area (Å²) in [6.45, 7) is 8.63. The number of nitrogens with zero attached hydrogens (tertiary/aromatic N) is 8. The van der Waals surface area contributed by atoms with Gasteiger partial charge in [0.15, 0.2) is 5.78 Å². The molecule has 0 unspecified atom stereocenters. The van der Waals surface area contributed by atoms with Crippen molar-refractivity contribution >= 4 is 67.6 Å². The van der Waals surface area contributed by atoms with Crippen LogP contribution in [0.2, 0.25) is 5.02 Å². The molecule has 2 aliphatic heterocycles. The number of likely N-dealkylation sites (N-methyl/N-ethyl adjacent to an activating group) is 1. The number of rotatable bonds is 21. The van der Waals surface area contributed by atoms with E-state index in [0.29, 0.717) is 53.1 Å². The lowest BCUT2D eigenvalue weighted by molar-refractivity contribution is -0.384. The van der Waals surface area contributed by atoms with Gasteiger partial charge in [0, 0.05) is 115 Å². The van der Waals surface area contributed by atoms with Gasteiger partial charge in [-0.25, -0.2) is 13.4 Å². The first-order chi connectivity index (χ1) is 34.3. The molecule has 1 atom stereocenters. The van der Waals surface area contributed by atoms with Crippen LogP contribution in [0.1, 0.15) is 29.8 Å². The number of hydrogen-bond acceptors (Lipinski definition) is 14. The zero-order valence-electron chi connectivity index (χ0n) is 40.4. The summed E-state index contributed by atoms with van der Waals surface area (Å²) in [4.78, 5) is 47.4. The van der Waals surface area contributed by atoms with Crippen molar-refractivity contribution in [2.45, 2.75) is 35.1 Å². The van der Waals surface area contributed by atoms with Gasteiger partial charge < -0.3 is 29.8 Å². The number of Topliss-reactive ketones (excluding diaryl/α,β-unsaturated/α-hetero) is 1. The maximum absolute atomic E-state index is 13.7. The third kappa shape index (κ3) is 13.9. The molecule has 15 nitrogen and oxygen atoms in total. The largest absolute Gasteiger partial charge is 0.376 e. The van der Waals surface area contributed by atoms with Gasteiger partial charge in [-0.15, -0.1) is 11.8 Å². The van der Waals surface area contributed by atoms with Crippen molar-refractivity contribution in [1.82, 2.24) is 24.7 Å². The van der Waals surface area contributed by atoms with Gasteiger partial charge in [-0.2, -0.15) is 0 Å². The monoisotopic (exact) mass is 1020 g/mol. The maximum atomic E-state index is 13.7. The first-order valence-corrected chi connectivity index (χ1v) is 26.8. The van der Waals surface area contributed by atoms with Gasteiger partial charge in [0.05, 0.1) is 27.4 Å². The van der Waals surface area contributed by atoms with Crippen LogP contribution in [0.4, 0.5) is 28.4 Å². The van der Waals surface area contributed by atoms with Crippen molar-refractivity contribution in [2.75, 3.05) is 112 Å². The topological polar surface area (TPSA) is 160 Å². The maximum Gasteiger partial charge on any atom is 0.293 e. The minimum atomic E-state index is -4.16. The van der Waals surface area contributed by atoms with E-state index in [-0.39, 0.29) is 28.1 Å². The fourth-order valence-electron chi connectivity index (χ4n) is 8.73. The van der Waals surface area contributed by atoms with E-state index in [9.17, 15) is 23.3 Å².